The molecule has 1 heterocycles. The first-order valence-electron chi connectivity index (χ1n) is 10.2. The van der Waals surface area contributed by atoms with Crippen LogP contribution in [0.4, 0.5) is 13.2 Å². The van der Waals surface area contributed by atoms with Gasteiger partial charge in [0.1, 0.15) is 11.6 Å². The molecule has 0 bridgehead atoms. The highest BCUT2D eigenvalue weighted by molar-refractivity contribution is 5.81. The van der Waals surface area contributed by atoms with Gasteiger partial charge in [0.05, 0.1) is 11.4 Å². The van der Waals surface area contributed by atoms with Gasteiger partial charge < -0.3 is 9.72 Å². The lowest BCUT2D eigenvalue weighted by Crippen LogP contribution is -2.16. The van der Waals surface area contributed by atoms with Gasteiger partial charge in [-0.15, -0.1) is 13.2 Å². The molecule has 4 rings (SSSR count). The summed E-state index contributed by atoms with van der Waals surface area (Å²) in [6.07, 6.45) is -4.72. The van der Waals surface area contributed by atoms with Gasteiger partial charge in [0.2, 0.25) is 0 Å². The quantitative estimate of drug-likeness (QED) is 0.358. The number of rotatable bonds is 4. The van der Waals surface area contributed by atoms with Crippen molar-refractivity contribution in [3.63, 3.8) is 0 Å². The summed E-state index contributed by atoms with van der Waals surface area (Å²) < 4.78 is 41.3. The summed E-state index contributed by atoms with van der Waals surface area (Å²) in [4.78, 5) is 8.15. The van der Waals surface area contributed by atoms with Crippen molar-refractivity contribution in [3.05, 3.63) is 84.4 Å². The van der Waals surface area contributed by atoms with Crippen molar-refractivity contribution >= 4 is 0 Å². The molecule has 3 aromatic carbocycles. The van der Waals surface area contributed by atoms with E-state index in [2.05, 4.69) is 54.8 Å². The van der Waals surface area contributed by atoms with Gasteiger partial charge in [-0.25, -0.2) is 4.98 Å². The molecule has 0 radical (unpaired) electrons. The topological polar surface area (TPSA) is 37.9 Å². The van der Waals surface area contributed by atoms with Crippen molar-refractivity contribution < 1.29 is 17.9 Å². The van der Waals surface area contributed by atoms with E-state index in [1.165, 1.54) is 17.7 Å². The number of alkyl halides is 3. The van der Waals surface area contributed by atoms with Gasteiger partial charge >= 0.3 is 6.36 Å². The number of nitrogens with zero attached hydrogens (tertiary/aromatic N) is 1. The molecule has 0 unspecified atom stereocenters. The van der Waals surface area contributed by atoms with E-state index < -0.39 is 6.36 Å². The lowest BCUT2D eigenvalue weighted by Gasteiger charge is -2.19. The second-order valence-corrected chi connectivity index (χ2v) is 8.57. The van der Waals surface area contributed by atoms with E-state index in [-0.39, 0.29) is 11.2 Å². The van der Waals surface area contributed by atoms with Crippen LogP contribution in [0.25, 0.3) is 33.9 Å². The molecule has 0 atom stereocenters. The second-order valence-electron chi connectivity index (χ2n) is 8.57. The van der Waals surface area contributed by atoms with Crippen molar-refractivity contribution in [2.24, 2.45) is 0 Å². The fourth-order valence-corrected chi connectivity index (χ4v) is 3.48. The van der Waals surface area contributed by atoms with Crippen molar-refractivity contribution in [1.82, 2.24) is 9.97 Å². The number of ether oxygens (including phenoxy) is 1. The number of benzene rings is 3. The Hall–Kier alpha value is -3.54. The maximum absolute atomic E-state index is 12.5. The summed E-state index contributed by atoms with van der Waals surface area (Å²) >= 11 is 0. The molecule has 0 fully saturated rings. The zero-order valence-corrected chi connectivity index (χ0v) is 18.0. The lowest BCUT2D eigenvalue weighted by atomic mass is 9.86. The molecule has 0 aliphatic carbocycles. The third-order valence-electron chi connectivity index (χ3n) is 5.15. The third-order valence-corrected chi connectivity index (χ3v) is 5.15. The Bertz CT molecular complexity index is 1190. The van der Waals surface area contributed by atoms with E-state index in [0.717, 1.165) is 22.5 Å². The fraction of sp³-hybridized carbons (Fsp3) is 0.192. The van der Waals surface area contributed by atoms with E-state index in [9.17, 15) is 13.2 Å². The standard InChI is InChI=1S/C26H23F3N2O/c1-25(2,3)20-13-9-18(10-14-20)23-22(17-7-5-4-6-8-17)30-24(31-23)19-11-15-21(16-12-19)32-26(27,28)29/h4-16H,1-3H3,(H,30,31). The number of nitrogens with one attached hydrogen (secondary N) is 1. The number of hydrogen-bond donors (Lipinski definition) is 1. The molecular formula is C26H23F3N2O. The number of halogens is 3. The number of H-pyrrole nitrogens is 1. The Kier molecular flexibility index (Phi) is 5.55. The minimum Gasteiger partial charge on any atom is -0.406 e. The Balaban J connectivity index is 1.75. The van der Waals surface area contributed by atoms with E-state index in [1.54, 1.807) is 12.1 Å². The van der Waals surface area contributed by atoms with Crippen LogP contribution in [0.5, 0.6) is 5.75 Å². The van der Waals surface area contributed by atoms with Crippen LogP contribution in [0.1, 0.15) is 26.3 Å². The molecule has 0 saturated heterocycles. The largest absolute Gasteiger partial charge is 0.573 e. The Morgan fingerprint density at radius 2 is 1.31 bits per heavy atom. The smallest absolute Gasteiger partial charge is 0.406 e. The van der Waals surface area contributed by atoms with Crippen LogP contribution < -0.4 is 4.74 Å². The highest BCUT2D eigenvalue weighted by atomic mass is 19.4. The summed E-state index contributed by atoms with van der Waals surface area (Å²) in [5, 5.41) is 0. The van der Waals surface area contributed by atoms with Gasteiger partial charge in [-0.05, 0) is 35.2 Å². The van der Waals surface area contributed by atoms with Gasteiger partial charge in [0.25, 0.3) is 0 Å². The molecule has 0 spiro atoms. The summed E-state index contributed by atoms with van der Waals surface area (Å²) in [6.45, 7) is 6.49. The maximum Gasteiger partial charge on any atom is 0.573 e. The molecular weight excluding hydrogens is 413 g/mol. The van der Waals surface area contributed by atoms with Crippen LogP contribution in [-0.4, -0.2) is 16.3 Å². The highest BCUT2D eigenvalue weighted by Crippen LogP contribution is 2.35. The molecule has 1 aromatic heterocycles. The summed E-state index contributed by atoms with van der Waals surface area (Å²) in [5.41, 5.74) is 5.48. The lowest BCUT2D eigenvalue weighted by molar-refractivity contribution is -0.274. The molecule has 0 aliphatic heterocycles. The third kappa shape index (κ3) is 4.85. The zero-order chi connectivity index (χ0) is 22.9. The van der Waals surface area contributed by atoms with Crippen molar-refractivity contribution in [1.29, 1.82) is 0 Å². The van der Waals surface area contributed by atoms with Crippen LogP contribution in [0.15, 0.2) is 78.9 Å². The molecule has 32 heavy (non-hydrogen) atoms. The molecule has 0 saturated carbocycles. The van der Waals surface area contributed by atoms with E-state index in [0.29, 0.717) is 11.4 Å². The van der Waals surface area contributed by atoms with Gasteiger partial charge in [0.15, 0.2) is 0 Å². The molecule has 164 valence electrons. The summed E-state index contributed by atoms with van der Waals surface area (Å²) in [6, 6.07) is 23.8. The fourth-order valence-electron chi connectivity index (χ4n) is 3.48. The van der Waals surface area contributed by atoms with Crippen molar-refractivity contribution in [3.8, 4) is 39.7 Å². The predicted octanol–water partition coefficient (Wildman–Crippen LogP) is 7.61. The molecule has 3 nitrogen and oxygen atoms in total. The first-order chi connectivity index (χ1) is 15.1. The van der Waals surface area contributed by atoms with Crippen LogP contribution in [-0.2, 0) is 5.41 Å². The number of aromatic nitrogens is 2. The molecule has 0 amide bonds. The monoisotopic (exact) mass is 436 g/mol. The van der Waals surface area contributed by atoms with Gasteiger partial charge in [0, 0.05) is 16.7 Å². The number of aromatic amines is 1. The van der Waals surface area contributed by atoms with Crippen molar-refractivity contribution in [2.45, 2.75) is 32.5 Å². The van der Waals surface area contributed by atoms with Crippen LogP contribution >= 0.6 is 0 Å². The first-order valence-corrected chi connectivity index (χ1v) is 10.2. The Morgan fingerprint density at radius 3 is 1.88 bits per heavy atom. The van der Waals surface area contributed by atoms with Crippen LogP contribution in [0, 0.1) is 0 Å². The minimum absolute atomic E-state index is 0.0418. The minimum atomic E-state index is -4.72. The molecule has 0 aliphatic rings. The molecule has 4 aromatic rings. The normalized spacial score (nSPS) is 12.1. The first kappa shape index (κ1) is 21.7. The molecule has 6 heteroatoms. The maximum atomic E-state index is 12.5. The van der Waals surface area contributed by atoms with Crippen molar-refractivity contribution in [2.75, 3.05) is 0 Å². The van der Waals surface area contributed by atoms with E-state index >= 15 is 0 Å². The summed E-state index contributed by atoms with van der Waals surface area (Å²) in [5.74, 6) is 0.298. The Morgan fingerprint density at radius 1 is 0.719 bits per heavy atom. The SMILES string of the molecule is CC(C)(C)c1ccc(-c2[nH]c(-c3ccc(OC(F)(F)F)cc3)nc2-c2ccccc2)cc1. The second kappa shape index (κ2) is 8.19. The van der Waals surface area contributed by atoms with Gasteiger partial charge in [-0.3, -0.25) is 0 Å². The van der Waals surface area contributed by atoms with Crippen LogP contribution in [0.3, 0.4) is 0 Å². The summed E-state index contributed by atoms with van der Waals surface area (Å²) in [7, 11) is 0. The average molecular weight is 436 g/mol. The zero-order valence-electron chi connectivity index (χ0n) is 18.0. The molecule has 1 N–H and O–H groups in total. The van der Waals surface area contributed by atoms with E-state index in [4.69, 9.17) is 4.98 Å². The Labute approximate surface area is 184 Å². The average Bonchev–Trinajstić information content (AvgIpc) is 3.19. The predicted molar refractivity (Wildman–Crippen MR) is 120 cm³/mol. The number of hydrogen-bond acceptors (Lipinski definition) is 2. The van der Waals surface area contributed by atoms with E-state index in [1.807, 2.05) is 30.3 Å². The van der Waals surface area contributed by atoms with Gasteiger partial charge in [-0.2, -0.15) is 0 Å². The highest BCUT2D eigenvalue weighted by Gasteiger charge is 2.31. The van der Waals surface area contributed by atoms with Crippen LogP contribution in [0.2, 0.25) is 0 Å². The number of imidazole rings is 1. The van der Waals surface area contributed by atoms with Gasteiger partial charge in [-0.1, -0.05) is 75.4 Å².